The highest BCUT2D eigenvalue weighted by molar-refractivity contribution is 9.10. The van der Waals surface area contributed by atoms with E-state index in [-0.39, 0.29) is 56.3 Å². The lowest BCUT2D eigenvalue weighted by molar-refractivity contribution is 0.00578. The van der Waals surface area contributed by atoms with Crippen LogP contribution in [0, 0.1) is 0 Å². The Morgan fingerprint density at radius 1 is 0.372 bits per heavy atom. The van der Waals surface area contributed by atoms with Gasteiger partial charge in [-0.25, -0.2) is 29.5 Å². The molecule has 0 unspecified atom stereocenters. The zero-order chi connectivity index (χ0) is 97.5. The second kappa shape index (κ2) is 49.5. The fraction of sp³-hybridized carbons (Fsp3) is 0.308. The number of pyridine rings is 3. The number of carbonyl (C=O) groups excluding carboxylic acids is 2. The van der Waals surface area contributed by atoms with Gasteiger partial charge in [0, 0.05) is 109 Å². The van der Waals surface area contributed by atoms with Crippen molar-refractivity contribution in [1.82, 2.24) is 43.6 Å². The molecule has 6 aromatic heterocycles. The lowest BCUT2D eigenvalue weighted by Crippen LogP contribution is -2.41. The third-order valence-electron chi connectivity index (χ3n) is 22.5. The minimum atomic E-state index is -1.24. The van der Waals surface area contributed by atoms with E-state index < -0.39 is 36.2 Å². The molecule has 137 heavy (non-hydrogen) atoms. The largest absolute Gasteiger partial charge is 0.497 e. The Bertz CT molecular complexity index is 6050. The van der Waals surface area contributed by atoms with Crippen LogP contribution in [0.2, 0.25) is 77.1 Å². The molecule has 0 saturated carbocycles. The van der Waals surface area contributed by atoms with Crippen molar-refractivity contribution in [3.63, 3.8) is 0 Å². The van der Waals surface area contributed by atoms with Crippen molar-refractivity contribution in [2.45, 2.75) is 176 Å². The number of imidazole rings is 3. The molecule has 1 saturated heterocycles. The van der Waals surface area contributed by atoms with E-state index in [0.29, 0.717) is 63.8 Å². The van der Waals surface area contributed by atoms with E-state index in [1.807, 2.05) is 269 Å². The van der Waals surface area contributed by atoms with Crippen LogP contribution in [0.5, 0.6) is 34.5 Å². The molecule has 1 aliphatic heterocycles. The Morgan fingerprint density at radius 3 is 1.01 bits per heavy atom. The summed E-state index contributed by atoms with van der Waals surface area (Å²) in [6, 6.07) is 81.1. The molecule has 14 aromatic rings. The van der Waals surface area contributed by atoms with E-state index >= 15 is 0 Å². The highest BCUT2D eigenvalue weighted by Gasteiger charge is 2.51. The van der Waals surface area contributed by atoms with Gasteiger partial charge < -0.3 is 80.2 Å². The zero-order valence-electron chi connectivity index (χ0n) is 81.2. The van der Waals surface area contributed by atoms with Gasteiger partial charge in [-0.2, -0.15) is 0 Å². The molecule has 0 bridgehead atoms. The number of aliphatic hydroxyl groups excluding tert-OH is 1. The van der Waals surface area contributed by atoms with E-state index in [1.54, 1.807) is 46.1 Å². The number of methoxy groups -OCH3 is 3. The van der Waals surface area contributed by atoms with Gasteiger partial charge in [0.2, 0.25) is 0 Å². The van der Waals surface area contributed by atoms with E-state index in [4.69, 9.17) is 66.4 Å². The van der Waals surface area contributed by atoms with Crippen molar-refractivity contribution in [2.24, 2.45) is 0 Å². The molecule has 1 N–H and O–H groups in total. The van der Waals surface area contributed by atoms with Crippen LogP contribution < -0.4 is 33.9 Å². The van der Waals surface area contributed by atoms with Gasteiger partial charge in [0.15, 0.2) is 11.4 Å². The van der Waals surface area contributed by atoms with Crippen LogP contribution in [0.4, 0.5) is 0 Å². The summed E-state index contributed by atoms with van der Waals surface area (Å²) in [6.07, 6.45) is 10.5. The lowest BCUT2D eigenvalue weighted by atomic mass is 9.79. The van der Waals surface area contributed by atoms with Gasteiger partial charge in [-0.3, -0.25) is 9.97 Å². The standard InChI is InChI=1S/C36H39N3O5Si.C29H35N3O4Si.C22H26BrN3O3Si.C20H25BO4/c1-41-31-15-10-28(11-16-31)24-43-32-17-12-29(13-18-32)33-19-14-30(22-37-33)35-38-34(23-39(35)26-42-20-21-45(2,3)4)36(40)44-25-27-8-6-5-7-9-27;1-34-26-10-5-22(6-11-26)20-36-27-12-7-23(8-13-27)28-14-9-24(17-30-28)29-31-25(19-33)18-32(29)21-35-15-16-37(2,3)4;1-30(2,3)12-11-28-16-26-14-19(22(27)29-15-17-7-5-4-6-8-17)25-21(26)18-9-10-20(23)24-13-18;1-19(2)20(3,4)25-21(24-19)16-8-12-18(13-9-16)23-14-15-6-10-17(22-5)11-7-15/h5-19,22-23H,20-21,24-26H2,1-4H3;5-14,17-18,33H,15-16,19-21H2,1-4H3;4-10,13-14H,11-12,15-16H2,1-3H3;6-13H,14H2,1-5H3. The van der Waals surface area contributed by atoms with Crippen LogP contribution in [0.1, 0.15) is 82.2 Å². The summed E-state index contributed by atoms with van der Waals surface area (Å²) in [7, 11) is 1.05. The highest BCUT2D eigenvalue weighted by Crippen LogP contribution is 2.38. The number of rotatable bonds is 40. The number of aliphatic hydroxyl groups is 1. The molecule has 716 valence electrons. The molecule has 25 nitrogen and oxygen atoms in total. The summed E-state index contributed by atoms with van der Waals surface area (Å²) < 4.78 is 80.5. The van der Waals surface area contributed by atoms with E-state index in [1.165, 1.54) is 0 Å². The first kappa shape index (κ1) is 103. The molecule has 0 radical (unpaired) electrons. The molecular weight excluding hydrogens is 1840 g/mol. The zero-order valence-corrected chi connectivity index (χ0v) is 85.8. The highest BCUT2D eigenvalue weighted by atomic mass is 79.9. The predicted octanol–water partition coefficient (Wildman–Crippen LogP) is 22.8. The maximum atomic E-state index is 12.9. The van der Waals surface area contributed by atoms with Gasteiger partial charge in [-0.05, 0) is 228 Å². The maximum absolute atomic E-state index is 12.9. The molecule has 0 spiro atoms. The summed E-state index contributed by atoms with van der Waals surface area (Å²) >= 11 is 3.34. The summed E-state index contributed by atoms with van der Waals surface area (Å²) in [6.45, 7) is 33.9. The molecule has 7 heterocycles. The first-order valence-electron chi connectivity index (χ1n) is 45.7. The number of ether oxygens (including phenoxy) is 11. The Morgan fingerprint density at radius 2 is 0.686 bits per heavy atom. The average molecular weight is 1970 g/mol. The number of aromatic nitrogens is 9. The topological polar surface area (TPSA) is 266 Å². The Balaban J connectivity index is 0.000000168. The van der Waals surface area contributed by atoms with Gasteiger partial charge in [0.1, 0.15) is 110 Å². The van der Waals surface area contributed by atoms with Gasteiger partial charge in [-0.1, -0.05) is 168 Å². The number of hydrogen-bond donors (Lipinski definition) is 1. The minimum Gasteiger partial charge on any atom is -0.497 e. The van der Waals surface area contributed by atoms with Crippen LogP contribution in [0.15, 0.2) is 284 Å². The molecule has 0 atom stereocenters. The Labute approximate surface area is 816 Å². The summed E-state index contributed by atoms with van der Waals surface area (Å²) in [5, 5.41) is 9.60. The average Bonchev–Trinajstić information content (AvgIpc) is 1.62. The van der Waals surface area contributed by atoms with Gasteiger partial charge in [0.25, 0.3) is 0 Å². The van der Waals surface area contributed by atoms with Crippen molar-refractivity contribution in [3.05, 3.63) is 329 Å². The summed E-state index contributed by atoms with van der Waals surface area (Å²) in [5.41, 5.74) is 12.6. The predicted molar refractivity (Wildman–Crippen MR) is 548 cm³/mol. The molecular formula is C107H125BBrN9O16Si3. The molecule has 0 aliphatic carbocycles. The molecule has 1 aliphatic rings. The van der Waals surface area contributed by atoms with Gasteiger partial charge in [-0.15, -0.1) is 0 Å². The first-order valence-corrected chi connectivity index (χ1v) is 57.6. The number of hydrogen-bond acceptors (Lipinski definition) is 22. The fourth-order valence-corrected chi connectivity index (χ4v) is 16.0. The maximum Gasteiger partial charge on any atom is 0.494 e. The van der Waals surface area contributed by atoms with Crippen LogP contribution >= 0.6 is 15.9 Å². The van der Waals surface area contributed by atoms with Crippen LogP contribution in [0.3, 0.4) is 0 Å². The fourth-order valence-electron chi connectivity index (χ4n) is 13.5. The van der Waals surface area contributed by atoms with Gasteiger partial charge in [0.05, 0.1) is 56.2 Å². The molecule has 0 amide bonds. The Kier molecular flexibility index (Phi) is 37.4. The SMILES string of the molecule is COc1ccc(COc2ccc(-c3ccc(-c4nc(C(=O)OCc5ccccc5)cn4COCC[Si](C)(C)C)cn3)cc2)cc1.COc1ccc(COc2ccc(-c3ccc(-c4nc(CO)cn4COCC[Si](C)(C)C)cn3)cc2)cc1.COc1ccc(COc2ccc(B3OC(C)(C)C(C)(C)O3)cc2)cc1.C[Si](C)(C)CCOCn1cc(C(=O)OCc2ccccc2)nc1-c1ccc(Br)nc1. The van der Waals surface area contributed by atoms with Crippen LogP contribution in [0.25, 0.3) is 56.7 Å². The van der Waals surface area contributed by atoms with Crippen molar-refractivity contribution in [3.8, 4) is 91.2 Å². The number of esters is 2. The second-order valence-corrected chi connectivity index (χ2v) is 55.2. The van der Waals surface area contributed by atoms with Crippen molar-refractivity contribution in [1.29, 1.82) is 0 Å². The van der Waals surface area contributed by atoms with E-state index in [9.17, 15) is 14.7 Å². The number of benzene rings is 8. The van der Waals surface area contributed by atoms with Crippen molar-refractivity contribution >= 4 is 64.7 Å². The monoisotopic (exact) mass is 1970 g/mol. The van der Waals surface area contributed by atoms with Crippen molar-refractivity contribution in [2.75, 3.05) is 41.2 Å². The third kappa shape index (κ3) is 32.3. The molecule has 8 aromatic carbocycles. The van der Waals surface area contributed by atoms with Crippen molar-refractivity contribution < 1.29 is 76.1 Å². The lowest BCUT2D eigenvalue weighted by Gasteiger charge is -2.32. The number of carbonyl (C=O) groups is 2. The number of nitrogens with zero attached hydrogens (tertiary/aromatic N) is 9. The molecule has 15 rings (SSSR count). The molecule has 1 fully saturated rings. The normalized spacial score (nSPS) is 12.6. The number of halogens is 1. The van der Waals surface area contributed by atoms with E-state index in [0.717, 1.165) is 142 Å². The van der Waals surface area contributed by atoms with Crippen LogP contribution in [-0.4, -0.2) is 144 Å². The minimum absolute atomic E-state index is 0.118. The van der Waals surface area contributed by atoms with E-state index in [2.05, 4.69) is 127 Å². The summed E-state index contributed by atoms with van der Waals surface area (Å²) in [4.78, 5) is 52.9. The third-order valence-corrected chi connectivity index (χ3v) is 28.1. The quantitative estimate of drug-likeness (QED) is 0.0162. The smallest absolute Gasteiger partial charge is 0.494 e. The second-order valence-electron chi connectivity index (χ2n) is 37.5. The summed E-state index contributed by atoms with van der Waals surface area (Å²) in [5.74, 6) is 5.87. The molecule has 30 heteroatoms. The first-order chi connectivity index (χ1) is 65.7. The van der Waals surface area contributed by atoms with Gasteiger partial charge >= 0.3 is 19.1 Å². The van der Waals surface area contributed by atoms with Crippen LogP contribution in [-0.2, 0) is 92.8 Å². The Hall–Kier alpha value is -12.5.